The molecule has 1 atom stereocenters. The van der Waals surface area contributed by atoms with E-state index in [1.807, 2.05) is 12.3 Å². The zero-order valence-electron chi connectivity index (χ0n) is 11.6. The van der Waals surface area contributed by atoms with Gasteiger partial charge in [-0.25, -0.2) is 0 Å². The summed E-state index contributed by atoms with van der Waals surface area (Å²) in [5.74, 6) is 0. The van der Waals surface area contributed by atoms with Gasteiger partial charge in [-0.15, -0.1) is 0 Å². The molecule has 1 aromatic carbocycles. The maximum absolute atomic E-state index is 4.63. The predicted molar refractivity (Wildman–Crippen MR) is 80.5 cm³/mol. The van der Waals surface area contributed by atoms with Gasteiger partial charge in [0.05, 0.1) is 8.07 Å². The van der Waals surface area contributed by atoms with E-state index in [2.05, 4.69) is 74.0 Å². The highest BCUT2D eigenvalue weighted by Gasteiger charge is 2.42. The van der Waals surface area contributed by atoms with Gasteiger partial charge in [0.2, 0.25) is 0 Å². The maximum Gasteiger partial charge on any atom is 0.0629 e. The average molecular weight is 255 g/mol. The van der Waals surface area contributed by atoms with Crippen LogP contribution in [0.3, 0.4) is 0 Å². The molecule has 1 nitrogen and oxygen atoms in total. The number of hydrogen-bond donors (Lipinski definition) is 0. The first-order chi connectivity index (χ1) is 8.46. The fraction of sp³-hybridized carbons (Fsp3) is 0.312. The molecule has 0 aliphatic rings. The molecule has 2 heteroatoms. The van der Waals surface area contributed by atoms with Crippen LogP contribution in [0.1, 0.15) is 18.2 Å². The molecule has 0 amide bonds. The summed E-state index contributed by atoms with van der Waals surface area (Å²) in [6.07, 6.45) is 1.90. The lowest BCUT2D eigenvalue weighted by atomic mass is 9.96. The summed E-state index contributed by atoms with van der Waals surface area (Å²) in [6.45, 7) is 9.58. The summed E-state index contributed by atoms with van der Waals surface area (Å²) < 4.78 is 0. The average Bonchev–Trinajstić information content (AvgIpc) is 2.38. The maximum atomic E-state index is 4.63. The van der Waals surface area contributed by atoms with E-state index in [-0.39, 0.29) is 5.04 Å². The molecule has 2 rings (SSSR count). The molecular weight excluding hydrogens is 234 g/mol. The van der Waals surface area contributed by atoms with Crippen LogP contribution in [0.4, 0.5) is 0 Å². The zero-order chi connectivity index (χ0) is 13.2. The predicted octanol–water partition coefficient (Wildman–Crippen LogP) is 4.27. The third kappa shape index (κ3) is 2.13. The van der Waals surface area contributed by atoms with Gasteiger partial charge in [0.15, 0.2) is 0 Å². The van der Waals surface area contributed by atoms with Crippen LogP contribution in [0.15, 0.2) is 54.7 Å². The molecule has 0 aliphatic carbocycles. The Morgan fingerprint density at radius 2 is 1.50 bits per heavy atom. The number of pyridine rings is 1. The van der Waals surface area contributed by atoms with Crippen molar-refractivity contribution in [1.82, 2.24) is 4.98 Å². The molecule has 18 heavy (non-hydrogen) atoms. The molecule has 94 valence electrons. The Bertz CT molecular complexity index is 460. The minimum Gasteiger partial charge on any atom is -0.261 e. The Hall–Kier alpha value is -1.41. The van der Waals surface area contributed by atoms with Crippen molar-refractivity contribution >= 4 is 8.07 Å². The highest BCUT2D eigenvalue weighted by Crippen LogP contribution is 2.39. The molecule has 1 heterocycles. The Balaban J connectivity index is 2.63. The molecule has 0 N–H and O–H groups in total. The Morgan fingerprint density at radius 1 is 0.889 bits per heavy atom. The van der Waals surface area contributed by atoms with Crippen LogP contribution in [-0.4, -0.2) is 13.1 Å². The smallest absolute Gasteiger partial charge is 0.0629 e. The third-order valence-corrected chi connectivity index (χ3v) is 7.57. The van der Waals surface area contributed by atoms with E-state index in [1.165, 1.54) is 11.3 Å². The second kappa shape index (κ2) is 4.69. The Kier molecular flexibility index (Phi) is 3.40. The van der Waals surface area contributed by atoms with Crippen molar-refractivity contribution < 1.29 is 0 Å². The summed E-state index contributed by atoms with van der Waals surface area (Å²) >= 11 is 0. The fourth-order valence-corrected chi connectivity index (χ4v) is 4.34. The minimum atomic E-state index is -1.46. The Morgan fingerprint density at radius 3 is 2.00 bits per heavy atom. The van der Waals surface area contributed by atoms with Gasteiger partial charge in [-0.2, -0.15) is 0 Å². The van der Waals surface area contributed by atoms with Gasteiger partial charge >= 0.3 is 0 Å². The highest BCUT2D eigenvalue weighted by atomic mass is 28.3. The number of benzene rings is 1. The highest BCUT2D eigenvalue weighted by molar-refractivity contribution is 6.79. The molecule has 0 spiro atoms. The second-order valence-electron chi connectivity index (χ2n) is 5.96. The summed E-state index contributed by atoms with van der Waals surface area (Å²) in [5.41, 5.74) is 2.57. The van der Waals surface area contributed by atoms with Crippen molar-refractivity contribution in [2.45, 2.75) is 31.6 Å². The minimum absolute atomic E-state index is 0.0511. The molecule has 0 fully saturated rings. The van der Waals surface area contributed by atoms with Crippen molar-refractivity contribution in [1.29, 1.82) is 0 Å². The van der Waals surface area contributed by atoms with Crippen molar-refractivity contribution in [2.24, 2.45) is 0 Å². The first-order valence-corrected chi connectivity index (χ1v) is 9.93. The van der Waals surface area contributed by atoms with E-state index < -0.39 is 8.07 Å². The molecule has 0 saturated heterocycles. The zero-order valence-corrected chi connectivity index (χ0v) is 12.6. The van der Waals surface area contributed by atoms with E-state index >= 15 is 0 Å². The molecule has 1 unspecified atom stereocenters. The van der Waals surface area contributed by atoms with E-state index in [0.29, 0.717) is 0 Å². The van der Waals surface area contributed by atoms with E-state index in [9.17, 15) is 0 Å². The molecule has 0 bridgehead atoms. The van der Waals surface area contributed by atoms with Crippen molar-refractivity contribution in [2.75, 3.05) is 0 Å². The molecule has 0 radical (unpaired) electrons. The number of rotatable bonds is 3. The van der Waals surface area contributed by atoms with Gasteiger partial charge in [0.25, 0.3) is 0 Å². The summed E-state index contributed by atoms with van der Waals surface area (Å²) in [5, 5.41) is 0.0511. The second-order valence-corrected chi connectivity index (χ2v) is 11.5. The molecule has 1 aromatic heterocycles. The number of nitrogens with zero attached hydrogens (tertiary/aromatic N) is 1. The van der Waals surface area contributed by atoms with Crippen molar-refractivity contribution in [3.63, 3.8) is 0 Å². The van der Waals surface area contributed by atoms with Crippen molar-refractivity contribution in [3.05, 3.63) is 66.0 Å². The molecule has 0 saturated carbocycles. The standard InChI is InChI=1S/C16H21NSi/c1-16(18(2,3)4,14-10-6-5-7-11-14)15-12-8-9-13-17-15/h5-13H,1-4H3. The van der Waals surface area contributed by atoms with E-state index in [1.54, 1.807) is 0 Å². The van der Waals surface area contributed by atoms with E-state index in [4.69, 9.17) is 0 Å². The summed E-state index contributed by atoms with van der Waals surface area (Å²) in [6, 6.07) is 17.0. The molecule has 2 aromatic rings. The molecule has 0 aliphatic heterocycles. The van der Waals surface area contributed by atoms with Gasteiger partial charge in [0.1, 0.15) is 0 Å². The van der Waals surface area contributed by atoms with Crippen LogP contribution >= 0.6 is 0 Å². The Labute approximate surface area is 111 Å². The summed E-state index contributed by atoms with van der Waals surface area (Å²) in [7, 11) is -1.46. The van der Waals surface area contributed by atoms with Crippen LogP contribution in [0.5, 0.6) is 0 Å². The van der Waals surface area contributed by atoms with Crippen LogP contribution in [0.2, 0.25) is 19.6 Å². The fourth-order valence-electron chi connectivity index (χ4n) is 2.40. The largest absolute Gasteiger partial charge is 0.261 e. The van der Waals surface area contributed by atoms with Gasteiger partial charge in [-0.1, -0.05) is 63.0 Å². The normalized spacial score (nSPS) is 15.1. The van der Waals surface area contributed by atoms with Gasteiger partial charge < -0.3 is 0 Å². The third-order valence-electron chi connectivity index (χ3n) is 4.03. The first kappa shape index (κ1) is 13.0. The van der Waals surface area contributed by atoms with Gasteiger partial charge in [-0.05, 0) is 17.7 Å². The van der Waals surface area contributed by atoms with Crippen LogP contribution in [0, 0.1) is 0 Å². The first-order valence-electron chi connectivity index (χ1n) is 6.43. The number of aromatic nitrogens is 1. The monoisotopic (exact) mass is 255 g/mol. The number of hydrogen-bond acceptors (Lipinski definition) is 1. The SMILES string of the molecule is CC(c1ccccc1)(c1ccccn1)[Si](C)(C)C. The van der Waals surface area contributed by atoms with Crippen LogP contribution < -0.4 is 0 Å². The quantitative estimate of drug-likeness (QED) is 0.747. The van der Waals surface area contributed by atoms with Gasteiger partial charge in [0, 0.05) is 16.9 Å². The lowest BCUT2D eigenvalue weighted by Crippen LogP contribution is -2.48. The van der Waals surface area contributed by atoms with Crippen LogP contribution in [-0.2, 0) is 5.04 Å². The van der Waals surface area contributed by atoms with Crippen LogP contribution in [0.25, 0.3) is 0 Å². The summed E-state index contributed by atoms with van der Waals surface area (Å²) in [4.78, 5) is 4.63. The van der Waals surface area contributed by atoms with Crippen molar-refractivity contribution in [3.8, 4) is 0 Å². The lowest BCUT2D eigenvalue weighted by molar-refractivity contribution is 0.740. The topological polar surface area (TPSA) is 12.9 Å². The lowest BCUT2D eigenvalue weighted by Gasteiger charge is -2.40. The van der Waals surface area contributed by atoms with E-state index in [0.717, 1.165) is 0 Å². The molecular formula is C16H21NSi. The van der Waals surface area contributed by atoms with Gasteiger partial charge in [-0.3, -0.25) is 4.98 Å².